The minimum atomic E-state index is 0.391. The number of ether oxygens (including phenoxy) is 3. The number of benzene rings is 2. The van der Waals surface area contributed by atoms with Crippen LogP contribution in [0.15, 0.2) is 36.4 Å². The summed E-state index contributed by atoms with van der Waals surface area (Å²) in [6, 6.07) is 11.2. The first-order valence-electron chi connectivity index (χ1n) is 8.04. The zero-order valence-electron chi connectivity index (χ0n) is 14.7. The van der Waals surface area contributed by atoms with Crippen molar-refractivity contribution in [1.29, 1.82) is 0 Å². The van der Waals surface area contributed by atoms with Gasteiger partial charge in [-0.1, -0.05) is 19.9 Å². The van der Waals surface area contributed by atoms with Crippen molar-refractivity contribution < 1.29 is 19.0 Å². The molecule has 2 aromatic carbocycles. The van der Waals surface area contributed by atoms with Crippen molar-refractivity contribution in [3.05, 3.63) is 53.1 Å². The van der Waals surface area contributed by atoms with Gasteiger partial charge in [0.15, 0.2) is 11.5 Å². The molecule has 0 bridgehead atoms. The van der Waals surface area contributed by atoms with Crippen LogP contribution in [-0.2, 0) is 0 Å². The van der Waals surface area contributed by atoms with E-state index in [-0.39, 0.29) is 0 Å². The molecule has 0 aromatic heterocycles. The van der Waals surface area contributed by atoms with E-state index in [9.17, 15) is 4.79 Å². The lowest BCUT2D eigenvalue weighted by Crippen LogP contribution is -2.10. The van der Waals surface area contributed by atoms with E-state index in [0.717, 1.165) is 12.0 Å². The lowest BCUT2D eigenvalue weighted by Gasteiger charge is -2.14. The summed E-state index contributed by atoms with van der Waals surface area (Å²) in [6.07, 6.45) is 0.776. The predicted octanol–water partition coefficient (Wildman–Crippen LogP) is 4.40. The third-order valence-electron chi connectivity index (χ3n) is 3.80. The minimum absolute atomic E-state index is 0.391. The average Bonchev–Trinajstić information content (AvgIpc) is 2.58. The summed E-state index contributed by atoms with van der Waals surface area (Å²) in [4.78, 5) is 10.8. The Morgan fingerprint density at radius 3 is 2.38 bits per heavy atom. The van der Waals surface area contributed by atoms with E-state index in [4.69, 9.17) is 14.2 Å². The molecule has 128 valence electrons. The van der Waals surface area contributed by atoms with Crippen LogP contribution in [0.2, 0.25) is 0 Å². The van der Waals surface area contributed by atoms with Crippen molar-refractivity contribution >= 4 is 6.29 Å². The Morgan fingerprint density at radius 2 is 1.75 bits per heavy atom. The Labute approximate surface area is 143 Å². The fourth-order valence-electron chi connectivity index (χ4n) is 2.57. The molecule has 0 saturated heterocycles. The smallest absolute Gasteiger partial charge is 0.161 e. The van der Waals surface area contributed by atoms with E-state index in [1.54, 1.807) is 25.3 Å². The van der Waals surface area contributed by atoms with Gasteiger partial charge in [0.2, 0.25) is 0 Å². The van der Waals surface area contributed by atoms with Crippen LogP contribution in [0.25, 0.3) is 0 Å². The molecule has 4 nitrogen and oxygen atoms in total. The molecule has 0 atom stereocenters. The second-order valence-corrected chi connectivity index (χ2v) is 5.90. The highest BCUT2D eigenvalue weighted by Gasteiger charge is 2.07. The number of aryl methyl sites for hydroxylation is 1. The average molecular weight is 328 g/mol. The van der Waals surface area contributed by atoms with Crippen molar-refractivity contribution in [3.63, 3.8) is 0 Å². The van der Waals surface area contributed by atoms with Gasteiger partial charge in [-0.2, -0.15) is 0 Å². The maximum Gasteiger partial charge on any atom is 0.161 e. The standard InChI is InChI=1S/C20H24O4/c1-14(2)18-7-6-17(11-15(18)3)23-9-10-24-19-8-5-16(13-21)12-20(19)22-4/h5-8,11-14H,9-10H2,1-4H3. The van der Waals surface area contributed by atoms with Gasteiger partial charge < -0.3 is 14.2 Å². The van der Waals surface area contributed by atoms with E-state index in [1.807, 2.05) is 6.07 Å². The Kier molecular flexibility index (Phi) is 6.24. The van der Waals surface area contributed by atoms with Crippen LogP contribution < -0.4 is 14.2 Å². The molecule has 0 amide bonds. The number of methoxy groups -OCH3 is 1. The van der Waals surface area contributed by atoms with Gasteiger partial charge in [-0.15, -0.1) is 0 Å². The Hall–Kier alpha value is -2.49. The molecular formula is C20H24O4. The van der Waals surface area contributed by atoms with E-state index in [1.165, 1.54) is 11.1 Å². The van der Waals surface area contributed by atoms with Gasteiger partial charge in [0, 0.05) is 5.56 Å². The molecule has 0 aliphatic carbocycles. The van der Waals surface area contributed by atoms with Crippen LogP contribution in [0.1, 0.15) is 41.3 Å². The summed E-state index contributed by atoms with van der Waals surface area (Å²) in [5, 5.41) is 0. The van der Waals surface area contributed by atoms with E-state index >= 15 is 0 Å². The highest BCUT2D eigenvalue weighted by molar-refractivity contribution is 5.76. The lowest BCUT2D eigenvalue weighted by molar-refractivity contribution is 0.112. The maximum absolute atomic E-state index is 10.8. The fourth-order valence-corrected chi connectivity index (χ4v) is 2.57. The van der Waals surface area contributed by atoms with Gasteiger partial charge in [0.05, 0.1) is 7.11 Å². The Morgan fingerprint density at radius 1 is 1.00 bits per heavy atom. The molecule has 4 heteroatoms. The second kappa shape index (κ2) is 8.39. The summed E-state index contributed by atoms with van der Waals surface area (Å²) >= 11 is 0. The molecule has 24 heavy (non-hydrogen) atoms. The van der Waals surface area contributed by atoms with Crippen LogP contribution in [0, 0.1) is 6.92 Å². The summed E-state index contributed by atoms with van der Waals surface area (Å²) in [5.41, 5.74) is 3.12. The van der Waals surface area contributed by atoms with Crippen LogP contribution in [0.4, 0.5) is 0 Å². The zero-order chi connectivity index (χ0) is 17.5. The molecule has 2 aromatic rings. The molecule has 0 fully saturated rings. The molecular weight excluding hydrogens is 304 g/mol. The molecule has 0 radical (unpaired) electrons. The number of carbonyl (C=O) groups is 1. The molecule has 0 spiro atoms. The summed E-state index contributed by atoms with van der Waals surface area (Å²) in [7, 11) is 1.55. The summed E-state index contributed by atoms with van der Waals surface area (Å²) in [5.74, 6) is 2.47. The molecule has 0 N–H and O–H groups in total. The first-order chi connectivity index (χ1) is 11.5. The molecule has 2 rings (SSSR count). The van der Waals surface area contributed by atoms with Crippen molar-refractivity contribution in [2.45, 2.75) is 26.7 Å². The summed E-state index contributed by atoms with van der Waals surface area (Å²) < 4.78 is 16.6. The van der Waals surface area contributed by atoms with Crippen LogP contribution in [-0.4, -0.2) is 26.6 Å². The highest BCUT2D eigenvalue weighted by Crippen LogP contribution is 2.27. The van der Waals surface area contributed by atoms with Crippen molar-refractivity contribution in [2.75, 3.05) is 20.3 Å². The third kappa shape index (κ3) is 4.51. The third-order valence-corrected chi connectivity index (χ3v) is 3.80. The van der Waals surface area contributed by atoms with Gasteiger partial charge >= 0.3 is 0 Å². The normalized spacial score (nSPS) is 10.5. The van der Waals surface area contributed by atoms with Crippen LogP contribution >= 0.6 is 0 Å². The van der Waals surface area contributed by atoms with Gasteiger partial charge in [0.1, 0.15) is 25.2 Å². The van der Waals surface area contributed by atoms with Crippen molar-refractivity contribution in [3.8, 4) is 17.2 Å². The number of carbonyl (C=O) groups excluding carboxylic acids is 1. The van der Waals surface area contributed by atoms with Crippen LogP contribution in [0.3, 0.4) is 0 Å². The Balaban J connectivity index is 1.89. The highest BCUT2D eigenvalue weighted by atomic mass is 16.5. The maximum atomic E-state index is 10.8. The van der Waals surface area contributed by atoms with Crippen LogP contribution in [0.5, 0.6) is 17.2 Å². The first kappa shape index (κ1) is 17.9. The van der Waals surface area contributed by atoms with Crippen molar-refractivity contribution in [1.82, 2.24) is 0 Å². The molecule has 0 aliphatic heterocycles. The van der Waals surface area contributed by atoms with Crippen molar-refractivity contribution in [2.24, 2.45) is 0 Å². The van der Waals surface area contributed by atoms with E-state index in [2.05, 4.69) is 32.9 Å². The van der Waals surface area contributed by atoms with Gasteiger partial charge in [-0.3, -0.25) is 4.79 Å². The monoisotopic (exact) mass is 328 g/mol. The lowest BCUT2D eigenvalue weighted by atomic mass is 9.98. The van der Waals surface area contributed by atoms with E-state index < -0.39 is 0 Å². The molecule has 0 unspecified atom stereocenters. The number of hydrogen-bond acceptors (Lipinski definition) is 4. The summed E-state index contributed by atoms with van der Waals surface area (Å²) in [6.45, 7) is 7.28. The number of rotatable bonds is 8. The van der Waals surface area contributed by atoms with E-state index in [0.29, 0.717) is 36.2 Å². The fraction of sp³-hybridized carbons (Fsp3) is 0.350. The van der Waals surface area contributed by atoms with Gasteiger partial charge in [-0.05, 0) is 54.3 Å². The first-order valence-corrected chi connectivity index (χ1v) is 8.04. The minimum Gasteiger partial charge on any atom is -0.493 e. The quantitative estimate of drug-likeness (QED) is 0.532. The second-order valence-electron chi connectivity index (χ2n) is 5.90. The Bertz CT molecular complexity index is 692. The molecule has 0 heterocycles. The SMILES string of the molecule is COc1cc(C=O)ccc1OCCOc1ccc(C(C)C)c(C)c1. The zero-order valence-corrected chi connectivity index (χ0v) is 14.7. The largest absolute Gasteiger partial charge is 0.493 e. The number of hydrogen-bond donors (Lipinski definition) is 0. The van der Waals surface area contributed by atoms with Gasteiger partial charge in [0.25, 0.3) is 0 Å². The topological polar surface area (TPSA) is 44.8 Å². The predicted molar refractivity (Wildman–Crippen MR) is 94.6 cm³/mol. The van der Waals surface area contributed by atoms with Gasteiger partial charge in [-0.25, -0.2) is 0 Å². The number of aldehydes is 1. The molecule has 0 saturated carbocycles. The molecule has 0 aliphatic rings.